The summed E-state index contributed by atoms with van der Waals surface area (Å²) in [4.78, 5) is 44.6. The summed E-state index contributed by atoms with van der Waals surface area (Å²) >= 11 is 0. The van der Waals surface area contributed by atoms with E-state index in [0.29, 0.717) is 61.8 Å². The van der Waals surface area contributed by atoms with Crippen molar-refractivity contribution in [1.29, 1.82) is 0 Å². The second-order valence-electron chi connectivity index (χ2n) is 9.28. The Hall–Kier alpha value is -4.60. The van der Waals surface area contributed by atoms with Gasteiger partial charge >= 0.3 is 6.03 Å². The van der Waals surface area contributed by atoms with E-state index >= 15 is 0 Å². The summed E-state index contributed by atoms with van der Waals surface area (Å²) in [5.41, 5.74) is 2.26. The van der Waals surface area contributed by atoms with E-state index in [1.54, 1.807) is 58.3 Å². The first-order valence-corrected chi connectivity index (χ1v) is 13.3. The highest BCUT2D eigenvalue weighted by Gasteiger charge is 2.26. The molecular formula is C30H34FN5O4. The predicted molar refractivity (Wildman–Crippen MR) is 154 cm³/mol. The maximum atomic E-state index is 14.0. The lowest BCUT2D eigenvalue weighted by Crippen LogP contribution is -2.50. The van der Waals surface area contributed by atoms with Gasteiger partial charge in [-0.25, -0.2) is 9.18 Å². The standard InChI is InChI=1S/C30H34FN5O4/c1-4-34(5-2)29(38)24-20-22(32-28(37)21-9-8-10-23(19-21)40-3)13-14-27(24)35-15-17-36(18-16-35)30(39)33-26-12-7-6-11-25(26)31/h6-14,19-20H,4-5,15-18H2,1-3H3,(H,32,37)(H,33,39). The number of anilines is 3. The number of halogens is 1. The Labute approximate surface area is 233 Å². The van der Waals surface area contributed by atoms with Gasteiger partial charge in [-0.05, 0) is 62.4 Å². The zero-order valence-corrected chi connectivity index (χ0v) is 22.9. The molecule has 3 aromatic carbocycles. The van der Waals surface area contributed by atoms with E-state index < -0.39 is 5.82 Å². The fraction of sp³-hybridized carbons (Fsp3) is 0.300. The number of piperazine rings is 1. The highest BCUT2D eigenvalue weighted by molar-refractivity contribution is 6.06. The molecule has 3 aromatic rings. The summed E-state index contributed by atoms with van der Waals surface area (Å²) in [5, 5.41) is 5.51. The molecule has 0 unspecified atom stereocenters. The van der Waals surface area contributed by atoms with Crippen molar-refractivity contribution < 1.29 is 23.5 Å². The van der Waals surface area contributed by atoms with E-state index in [0.717, 1.165) is 5.69 Å². The van der Waals surface area contributed by atoms with Gasteiger partial charge in [-0.1, -0.05) is 18.2 Å². The average molecular weight is 548 g/mol. The largest absolute Gasteiger partial charge is 0.497 e. The minimum Gasteiger partial charge on any atom is -0.497 e. The first-order valence-electron chi connectivity index (χ1n) is 13.3. The maximum Gasteiger partial charge on any atom is 0.322 e. The van der Waals surface area contributed by atoms with Gasteiger partial charge in [0.25, 0.3) is 11.8 Å². The monoisotopic (exact) mass is 547 g/mol. The van der Waals surface area contributed by atoms with Gasteiger partial charge in [0.05, 0.1) is 18.4 Å². The third-order valence-electron chi connectivity index (χ3n) is 6.89. The summed E-state index contributed by atoms with van der Waals surface area (Å²) in [6, 6.07) is 17.8. The SMILES string of the molecule is CCN(CC)C(=O)c1cc(NC(=O)c2cccc(OC)c2)ccc1N1CCN(C(=O)Nc2ccccc2F)CC1. The van der Waals surface area contributed by atoms with Crippen molar-refractivity contribution >= 4 is 34.9 Å². The zero-order chi connectivity index (χ0) is 28.6. The number of amides is 4. The van der Waals surface area contributed by atoms with Gasteiger partial charge < -0.3 is 30.1 Å². The van der Waals surface area contributed by atoms with E-state index in [4.69, 9.17) is 4.74 Å². The molecule has 1 aliphatic heterocycles. The maximum absolute atomic E-state index is 14.0. The lowest BCUT2D eigenvalue weighted by atomic mass is 10.1. The van der Waals surface area contributed by atoms with Crippen LogP contribution in [0.2, 0.25) is 0 Å². The second kappa shape index (κ2) is 13.0. The second-order valence-corrected chi connectivity index (χ2v) is 9.28. The Bertz CT molecular complexity index is 1370. The molecule has 0 bridgehead atoms. The van der Waals surface area contributed by atoms with Crippen LogP contribution in [-0.2, 0) is 0 Å². The number of carbonyl (C=O) groups is 3. The molecule has 1 fully saturated rings. The number of hydrogen-bond donors (Lipinski definition) is 2. The number of urea groups is 1. The van der Waals surface area contributed by atoms with E-state index in [9.17, 15) is 18.8 Å². The third kappa shape index (κ3) is 6.51. The number of hydrogen-bond acceptors (Lipinski definition) is 5. The molecule has 40 heavy (non-hydrogen) atoms. The highest BCUT2D eigenvalue weighted by Crippen LogP contribution is 2.28. The van der Waals surface area contributed by atoms with Gasteiger partial charge in [0, 0.05) is 56.2 Å². The molecule has 9 nitrogen and oxygen atoms in total. The number of methoxy groups -OCH3 is 1. The van der Waals surface area contributed by atoms with Gasteiger partial charge in [-0.2, -0.15) is 0 Å². The summed E-state index contributed by atoms with van der Waals surface area (Å²) in [7, 11) is 1.54. The molecule has 2 N–H and O–H groups in total. The van der Waals surface area contributed by atoms with Crippen LogP contribution in [0.25, 0.3) is 0 Å². The average Bonchev–Trinajstić information content (AvgIpc) is 2.99. The van der Waals surface area contributed by atoms with Crippen molar-refractivity contribution in [2.45, 2.75) is 13.8 Å². The Morgan fingerprint density at radius 3 is 2.30 bits per heavy atom. The summed E-state index contributed by atoms with van der Waals surface area (Å²) < 4.78 is 19.2. The lowest BCUT2D eigenvalue weighted by molar-refractivity contribution is 0.0773. The number of rotatable bonds is 8. The predicted octanol–water partition coefficient (Wildman–Crippen LogP) is 4.92. The first kappa shape index (κ1) is 28.4. The number of para-hydroxylation sites is 1. The summed E-state index contributed by atoms with van der Waals surface area (Å²) in [5.74, 6) is -0.380. The lowest BCUT2D eigenvalue weighted by Gasteiger charge is -2.37. The van der Waals surface area contributed by atoms with Crippen molar-refractivity contribution in [1.82, 2.24) is 9.80 Å². The van der Waals surface area contributed by atoms with Crippen molar-refractivity contribution in [3.8, 4) is 5.75 Å². The van der Waals surface area contributed by atoms with Gasteiger partial charge in [0.1, 0.15) is 11.6 Å². The number of nitrogens with one attached hydrogen (secondary N) is 2. The van der Waals surface area contributed by atoms with Crippen LogP contribution in [0.15, 0.2) is 66.7 Å². The Kier molecular flexibility index (Phi) is 9.21. The molecule has 0 saturated carbocycles. The van der Waals surface area contributed by atoms with Crippen LogP contribution >= 0.6 is 0 Å². The van der Waals surface area contributed by atoms with E-state index in [2.05, 4.69) is 15.5 Å². The normalized spacial score (nSPS) is 13.0. The van der Waals surface area contributed by atoms with Crippen LogP contribution in [0.1, 0.15) is 34.6 Å². The van der Waals surface area contributed by atoms with E-state index in [-0.39, 0.29) is 23.5 Å². The minimum absolute atomic E-state index is 0.133. The van der Waals surface area contributed by atoms with Crippen molar-refractivity contribution in [2.75, 3.05) is 61.9 Å². The Morgan fingerprint density at radius 2 is 1.62 bits per heavy atom. The Balaban J connectivity index is 1.52. The molecule has 4 rings (SSSR count). The smallest absolute Gasteiger partial charge is 0.322 e. The zero-order valence-electron chi connectivity index (χ0n) is 22.9. The fourth-order valence-corrected chi connectivity index (χ4v) is 4.62. The van der Waals surface area contributed by atoms with Gasteiger partial charge in [0.2, 0.25) is 0 Å². The molecule has 210 valence electrons. The number of benzene rings is 3. The van der Waals surface area contributed by atoms with Crippen LogP contribution in [0, 0.1) is 5.82 Å². The van der Waals surface area contributed by atoms with Crippen molar-refractivity contribution in [3.05, 3.63) is 83.7 Å². The van der Waals surface area contributed by atoms with Gasteiger partial charge in [-0.3, -0.25) is 9.59 Å². The number of ether oxygens (including phenoxy) is 1. The summed E-state index contributed by atoms with van der Waals surface area (Å²) in [6.45, 7) is 6.68. The molecule has 0 aromatic heterocycles. The highest BCUT2D eigenvalue weighted by atomic mass is 19.1. The van der Waals surface area contributed by atoms with Gasteiger partial charge in [-0.15, -0.1) is 0 Å². The molecule has 0 spiro atoms. The van der Waals surface area contributed by atoms with Crippen molar-refractivity contribution in [2.24, 2.45) is 0 Å². The number of carbonyl (C=O) groups excluding carboxylic acids is 3. The molecular weight excluding hydrogens is 513 g/mol. The molecule has 0 aliphatic carbocycles. The molecule has 10 heteroatoms. The van der Waals surface area contributed by atoms with Gasteiger partial charge in [0.15, 0.2) is 0 Å². The molecule has 0 atom stereocenters. The van der Waals surface area contributed by atoms with Crippen LogP contribution in [-0.4, -0.2) is 74.0 Å². The van der Waals surface area contributed by atoms with Crippen molar-refractivity contribution in [3.63, 3.8) is 0 Å². The van der Waals surface area contributed by atoms with E-state index in [1.165, 1.54) is 19.2 Å². The fourth-order valence-electron chi connectivity index (χ4n) is 4.62. The Morgan fingerprint density at radius 1 is 0.900 bits per heavy atom. The van der Waals surface area contributed by atoms with Crippen LogP contribution < -0.4 is 20.3 Å². The molecule has 0 radical (unpaired) electrons. The molecule has 4 amide bonds. The third-order valence-corrected chi connectivity index (χ3v) is 6.89. The van der Waals surface area contributed by atoms with E-state index in [1.807, 2.05) is 19.9 Å². The summed E-state index contributed by atoms with van der Waals surface area (Å²) in [6.07, 6.45) is 0. The van der Waals surface area contributed by atoms with Crippen LogP contribution in [0.4, 0.5) is 26.2 Å². The molecule has 1 aliphatic rings. The first-order chi connectivity index (χ1) is 19.3. The molecule has 1 heterocycles. The molecule has 1 saturated heterocycles. The number of nitrogens with zero attached hydrogens (tertiary/aromatic N) is 3. The van der Waals surface area contributed by atoms with Crippen LogP contribution in [0.3, 0.4) is 0 Å². The van der Waals surface area contributed by atoms with Crippen LogP contribution in [0.5, 0.6) is 5.75 Å². The minimum atomic E-state index is -0.493. The topological polar surface area (TPSA) is 94.2 Å². The quantitative estimate of drug-likeness (QED) is 0.418.